The van der Waals surface area contributed by atoms with E-state index in [9.17, 15) is 19.8 Å². The molecule has 0 saturated carbocycles. The molecule has 0 heterocycles. The Kier molecular flexibility index (Phi) is 68.4. The Morgan fingerprint density at radius 1 is 0.338 bits per heavy atom. The maximum atomic E-state index is 12.5. The minimum absolute atomic E-state index is 0.0209. The van der Waals surface area contributed by atoms with Gasteiger partial charge in [-0.2, -0.15) is 0 Å². The van der Waals surface area contributed by atoms with Gasteiger partial charge < -0.3 is 20.3 Å². The van der Waals surface area contributed by atoms with E-state index in [-0.39, 0.29) is 18.5 Å². The predicted octanol–water partition coefficient (Wildman–Crippen LogP) is 23.7. The first kappa shape index (κ1) is 78.3. The van der Waals surface area contributed by atoms with Crippen molar-refractivity contribution in [3.63, 3.8) is 0 Å². The average molecular weight is 1130 g/mol. The van der Waals surface area contributed by atoms with Gasteiger partial charge in [0.1, 0.15) is 0 Å². The first-order valence-electron chi connectivity index (χ1n) is 36.6. The highest BCUT2D eigenvalue weighted by Gasteiger charge is 2.18. The Morgan fingerprint density at radius 2 is 0.588 bits per heavy atom. The number of aliphatic hydroxyl groups excluding tert-OH is 2. The molecule has 0 bridgehead atoms. The summed E-state index contributed by atoms with van der Waals surface area (Å²) in [5, 5.41) is 23.2. The summed E-state index contributed by atoms with van der Waals surface area (Å²) in [6, 6.07) is -0.626. The average Bonchev–Trinajstić information content (AvgIpc) is 3.46. The topological polar surface area (TPSA) is 95.9 Å². The van der Waals surface area contributed by atoms with Crippen LogP contribution < -0.4 is 5.32 Å². The lowest BCUT2D eigenvalue weighted by molar-refractivity contribution is -0.143. The van der Waals surface area contributed by atoms with E-state index in [0.29, 0.717) is 19.4 Å². The summed E-state index contributed by atoms with van der Waals surface area (Å²) in [6.07, 6.45) is 88.4. The van der Waals surface area contributed by atoms with Crippen molar-refractivity contribution in [1.82, 2.24) is 5.32 Å². The maximum absolute atomic E-state index is 12.5. The third-order valence-corrected chi connectivity index (χ3v) is 17.2. The molecule has 474 valence electrons. The van der Waals surface area contributed by atoms with Gasteiger partial charge in [0.05, 0.1) is 25.4 Å². The zero-order chi connectivity index (χ0) is 57.8. The largest absolute Gasteiger partial charge is 0.466 e. The molecular formula is C74H143NO5. The van der Waals surface area contributed by atoms with Gasteiger partial charge in [0.2, 0.25) is 5.91 Å². The molecule has 6 heteroatoms. The van der Waals surface area contributed by atoms with Gasteiger partial charge in [-0.25, -0.2) is 0 Å². The van der Waals surface area contributed by atoms with Crippen molar-refractivity contribution in [3.8, 4) is 0 Å². The number of hydrogen-bond donors (Lipinski definition) is 3. The summed E-state index contributed by atoms with van der Waals surface area (Å²) in [7, 11) is 0. The lowest BCUT2D eigenvalue weighted by Gasteiger charge is -2.20. The van der Waals surface area contributed by atoms with Gasteiger partial charge >= 0.3 is 5.97 Å². The van der Waals surface area contributed by atoms with Crippen molar-refractivity contribution in [2.45, 2.75) is 424 Å². The fourth-order valence-electron chi connectivity index (χ4n) is 11.6. The van der Waals surface area contributed by atoms with Gasteiger partial charge in [0, 0.05) is 12.8 Å². The van der Waals surface area contributed by atoms with Crippen molar-refractivity contribution in [3.05, 3.63) is 24.3 Å². The van der Waals surface area contributed by atoms with Crippen LogP contribution in [0.3, 0.4) is 0 Å². The van der Waals surface area contributed by atoms with Crippen LogP contribution in [-0.4, -0.2) is 47.4 Å². The van der Waals surface area contributed by atoms with Crippen molar-refractivity contribution < 1.29 is 24.5 Å². The van der Waals surface area contributed by atoms with Crippen LogP contribution in [0, 0.1) is 0 Å². The highest BCUT2D eigenvalue weighted by molar-refractivity contribution is 5.76. The predicted molar refractivity (Wildman–Crippen MR) is 352 cm³/mol. The highest BCUT2D eigenvalue weighted by atomic mass is 16.5. The van der Waals surface area contributed by atoms with Gasteiger partial charge in [0.15, 0.2) is 0 Å². The summed E-state index contributed by atoms with van der Waals surface area (Å²) in [5.41, 5.74) is 0. The third-order valence-electron chi connectivity index (χ3n) is 17.2. The molecule has 2 unspecified atom stereocenters. The van der Waals surface area contributed by atoms with Crippen LogP contribution in [-0.2, 0) is 14.3 Å². The second-order valence-corrected chi connectivity index (χ2v) is 25.3. The summed E-state index contributed by atoms with van der Waals surface area (Å²) in [5.74, 6) is -0.0410. The molecule has 0 fully saturated rings. The molecule has 0 aromatic rings. The molecule has 0 radical (unpaired) electrons. The normalized spacial score (nSPS) is 12.6. The van der Waals surface area contributed by atoms with Crippen LogP contribution in [0.25, 0.3) is 0 Å². The zero-order valence-corrected chi connectivity index (χ0v) is 54.3. The maximum Gasteiger partial charge on any atom is 0.305 e. The molecule has 0 aromatic heterocycles. The summed E-state index contributed by atoms with van der Waals surface area (Å²) in [4.78, 5) is 24.6. The van der Waals surface area contributed by atoms with Crippen LogP contribution in [0.4, 0.5) is 0 Å². The van der Waals surface area contributed by atoms with Crippen LogP contribution in [0.2, 0.25) is 0 Å². The van der Waals surface area contributed by atoms with Gasteiger partial charge in [-0.3, -0.25) is 9.59 Å². The monoisotopic (exact) mass is 1130 g/mol. The molecule has 0 saturated heterocycles. The molecule has 3 N–H and O–H groups in total. The lowest BCUT2D eigenvalue weighted by atomic mass is 10.0. The Hall–Kier alpha value is -1.66. The van der Waals surface area contributed by atoms with Crippen molar-refractivity contribution in [1.29, 1.82) is 0 Å². The van der Waals surface area contributed by atoms with Crippen LogP contribution in [0.1, 0.15) is 412 Å². The van der Waals surface area contributed by atoms with E-state index in [0.717, 1.165) is 38.5 Å². The SMILES string of the molecule is CCCCCCCCCCCCCCCCC/C=C/C(O)C(CO)NC(=O)CCCCCCCCCCCCCCCCCC/C=C\CCCCCCCCCCCCCCOC(=O)CCCCCCCCCCCCCCCC. The van der Waals surface area contributed by atoms with Gasteiger partial charge in [-0.05, 0) is 57.8 Å². The molecule has 1 amide bonds. The molecular weight excluding hydrogens is 983 g/mol. The Bertz CT molecular complexity index is 1250. The second kappa shape index (κ2) is 69.8. The fourth-order valence-corrected chi connectivity index (χ4v) is 11.6. The number of carbonyl (C=O) groups excluding carboxylic acids is 2. The summed E-state index contributed by atoms with van der Waals surface area (Å²) in [6.45, 7) is 4.95. The number of unbranched alkanes of at least 4 members (excludes halogenated alkanes) is 56. The Balaban J connectivity index is 3.36. The van der Waals surface area contributed by atoms with Crippen molar-refractivity contribution in [2.24, 2.45) is 0 Å². The number of hydrogen-bond acceptors (Lipinski definition) is 5. The van der Waals surface area contributed by atoms with E-state index in [1.807, 2.05) is 6.08 Å². The van der Waals surface area contributed by atoms with E-state index < -0.39 is 12.1 Å². The number of aliphatic hydroxyl groups is 2. The number of nitrogens with one attached hydrogen (secondary N) is 1. The van der Waals surface area contributed by atoms with E-state index >= 15 is 0 Å². The van der Waals surface area contributed by atoms with Gasteiger partial charge in [-0.1, -0.05) is 366 Å². The molecule has 0 spiro atoms. The number of esters is 1. The van der Waals surface area contributed by atoms with E-state index in [2.05, 4.69) is 31.3 Å². The number of ether oxygens (including phenoxy) is 1. The zero-order valence-electron chi connectivity index (χ0n) is 54.3. The first-order chi connectivity index (χ1) is 39.5. The minimum atomic E-state index is -0.843. The molecule has 0 rings (SSSR count). The van der Waals surface area contributed by atoms with Crippen molar-refractivity contribution >= 4 is 11.9 Å². The standard InChI is InChI=1S/C74H143NO5/c1-3-5-7-9-11-13-15-17-19-36-39-42-46-50-54-58-62-66-72(77)71(70-76)75-73(78)67-63-59-55-51-47-43-40-37-34-32-30-28-26-24-22-20-21-23-25-27-29-31-33-35-38-41-45-49-53-57-61-65-69-80-74(79)68-64-60-56-52-48-44-18-16-14-12-10-8-6-4-2/h23,25,62,66,71-72,76-77H,3-22,24,26-61,63-65,67-70H2,1-2H3,(H,75,78)/b25-23-,66-62+. The van der Waals surface area contributed by atoms with E-state index in [1.54, 1.807) is 6.08 Å². The molecule has 0 aliphatic rings. The Morgan fingerprint density at radius 3 is 0.887 bits per heavy atom. The third kappa shape index (κ3) is 65.5. The molecule has 0 aromatic carbocycles. The van der Waals surface area contributed by atoms with Gasteiger partial charge in [-0.15, -0.1) is 0 Å². The molecule has 0 aliphatic carbocycles. The van der Waals surface area contributed by atoms with Gasteiger partial charge in [0.25, 0.3) is 0 Å². The van der Waals surface area contributed by atoms with Crippen LogP contribution in [0.15, 0.2) is 24.3 Å². The second-order valence-electron chi connectivity index (χ2n) is 25.3. The molecule has 0 aliphatic heterocycles. The number of rotatable bonds is 69. The van der Waals surface area contributed by atoms with Crippen LogP contribution in [0.5, 0.6) is 0 Å². The smallest absolute Gasteiger partial charge is 0.305 e. The lowest BCUT2D eigenvalue weighted by Crippen LogP contribution is -2.45. The molecule has 80 heavy (non-hydrogen) atoms. The quantitative estimate of drug-likeness (QED) is 0.0320. The number of amides is 1. The summed E-state index contributed by atoms with van der Waals surface area (Å²) >= 11 is 0. The Labute approximate surface area is 501 Å². The van der Waals surface area contributed by atoms with E-state index in [4.69, 9.17) is 4.74 Å². The van der Waals surface area contributed by atoms with Crippen LogP contribution >= 0.6 is 0 Å². The minimum Gasteiger partial charge on any atom is -0.466 e. The first-order valence-corrected chi connectivity index (χ1v) is 36.6. The summed E-state index contributed by atoms with van der Waals surface area (Å²) < 4.78 is 5.50. The van der Waals surface area contributed by atoms with Crippen molar-refractivity contribution in [2.75, 3.05) is 13.2 Å². The fraction of sp³-hybridized carbons (Fsp3) is 0.919. The molecule has 2 atom stereocenters. The number of carbonyl (C=O) groups is 2. The van der Waals surface area contributed by atoms with E-state index in [1.165, 1.54) is 347 Å². The highest BCUT2D eigenvalue weighted by Crippen LogP contribution is 2.19. The number of allylic oxidation sites excluding steroid dienone is 3. The molecule has 6 nitrogen and oxygen atoms in total.